The van der Waals surface area contributed by atoms with Gasteiger partial charge in [-0.25, -0.2) is 0 Å². The van der Waals surface area contributed by atoms with Crippen molar-refractivity contribution in [3.05, 3.63) is 12.3 Å². The third kappa shape index (κ3) is 3.06. The van der Waals surface area contributed by atoms with Crippen LogP contribution in [0.1, 0.15) is 6.42 Å². The maximum Gasteiger partial charge on any atom is 0.205 e. The summed E-state index contributed by atoms with van der Waals surface area (Å²) in [5.74, 6) is -0.849. The van der Waals surface area contributed by atoms with Crippen molar-refractivity contribution >= 4 is 0 Å². The molecule has 6 N–H and O–H groups in total. The second kappa shape index (κ2) is 7.22. The Bertz CT molecular complexity index is 456. The molecule has 2 aliphatic heterocycles. The van der Waals surface area contributed by atoms with Crippen molar-refractivity contribution in [2.24, 2.45) is 17.8 Å². The largest absolute Gasteiger partial charge is 0.472 e. The molecular weight excluding hydrogens is 324 g/mol. The first-order valence-electron chi connectivity index (χ1n) is 8.05. The Morgan fingerprint density at radius 1 is 0.958 bits per heavy atom. The molecule has 1 aliphatic carbocycles. The minimum atomic E-state index is -1.54. The highest BCUT2D eigenvalue weighted by Crippen LogP contribution is 2.44. The molecule has 0 spiro atoms. The van der Waals surface area contributed by atoms with Gasteiger partial charge < -0.3 is 44.8 Å². The van der Waals surface area contributed by atoms with Crippen LogP contribution in [0.15, 0.2) is 12.3 Å². The summed E-state index contributed by atoms with van der Waals surface area (Å²) < 4.78 is 16.4. The molecule has 0 unspecified atom stereocenters. The zero-order valence-electron chi connectivity index (χ0n) is 13.0. The lowest BCUT2D eigenvalue weighted by atomic mass is 9.87. The van der Waals surface area contributed by atoms with E-state index in [1.54, 1.807) is 6.08 Å². The topological polar surface area (TPSA) is 149 Å². The van der Waals surface area contributed by atoms with E-state index in [9.17, 15) is 30.6 Å². The maximum atomic E-state index is 10.1. The fourth-order valence-electron chi connectivity index (χ4n) is 3.79. The van der Waals surface area contributed by atoms with Gasteiger partial charge in [-0.2, -0.15) is 0 Å². The Morgan fingerprint density at radius 2 is 1.71 bits per heavy atom. The van der Waals surface area contributed by atoms with Crippen LogP contribution < -0.4 is 0 Å². The predicted octanol–water partition coefficient (Wildman–Crippen LogP) is -2.72. The standard InChI is InChI=1S/C15H24O9/c16-4-7-8(18)3-6-1-2-22-14(10(6)7)24-15-13(21)12(20)11(19)9(5-17)23-15/h1-2,6-21H,3-5H2/t6-,7-,8-,9+,10+,11+,12-,13+,14-,15-/m0/s1. The van der Waals surface area contributed by atoms with Crippen LogP contribution >= 0.6 is 0 Å². The second-order valence-electron chi connectivity index (χ2n) is 6.56. The Morgan fingerprint density at radius 3 is 2.38 bits per heavy atom. The lowest BCUT2D eigenvalue weighted by Crippen LogP contribution is -2.60. The lowest BCUT2D eigenvalue weighted by Gasteiger charge is -2.42. The van der Waals surface area contributed by atoms with E-state index in [2.05, 4.69) is 0 Å². The van der Waals surface area contributed by atoms with Crippen molar-refractivity contribution < 1.29 is 44.8 Å². The number of hydrogen-bond acceptors (Lipinski definition) is 9. The molecule has 0 bridgehead atoms. The molecule has 9 nitrogen and oxygen atoms in total. The first-order valence-corrected chi connectivity index (χ1v) is 8.05. The summed E-state index contributed by atoms with van der Waals surface area (Å²) >= 11 is 0. The number of aliphatic hydroxyl groups is 6. The van der Waals surface area contributed by atoms with E-state index in [1.807, 2.05) is 0 Å². The van der Waals surface area contributed by atoms with Gasteiger partial charge in [0.05, 0.1) is 19.0 Å². The van der Waals surface area contributed by atoms with E-state index in [0.29, 0.717) is 6.42 Å². The average Bonchev–Trinajstić information content (AvgIpc) is 2.91. The fourth-order valence-corrected chi connectivity index (χ4v) is 3.79. The molecule has 0 aromatic heterocycles. The van der Waals surface area contributed by atoms with Gasteiger partial charge in [-0.05, 0) is 18.4 Å². The van der Waals surface area contributed by atoms with Gasteiger partial charge in [-0.15, -0.1) is 0 Å². The molecule has 1 saturated heterocycles. The lowest BCUT2D eigenvalue weighted by molar-refractivity contribution is -0.342. The van der Waals surface area contributed by atoms with Crippen molar-refractivity contribution in [3.63, 3.8) is 0 Å². The first-order chi connectivity index (χ1) is 11.5. The third-order valence-corrected chi connectivity index (χ3v) is 5.18. The summed E-state index contributed by atoms with van der Waals surface area (Å²) in [6.45, 7) is -0.797. The van der Waals surface area contributed by atoms with Gasteiger partial charge in [0.25, 0.3) is 0 Å². The highest BCUT2D eigenvalue weighted by atomic mass is 16.8. The molecule has 1 saturated carbocycles. The summed E-state index contributed by atoms with van der Waals surface area (Å²) in [5.41, 5.74) is 0. The summed E-state index contributed by atoms with van der Waals surface area (Å²) in [6.07, 6.45) is -4.87. The molecule has 0 aromatic rings. The smallest absolute Gasteiger partial charge is 0.205 e. The number of hydrogen-bond donors (Lipinski definition) is 6. The molecular formula is C15H24O9. The van der Waals surface area contributed by atoms with Crippen LogP contribution in [0.4, 0.5) is 0 Å². The van der Waals surface area contributed by atoms with E-state index in [0.717, 1.165) is 0 Å². The number of ether oxygens (including phenoxy) is 3. The molecule has 24 heavy (non-hydrogen) atoms. The van der Waals surface area contributed by atoms with Gasteiger partial charge in [-0.3, -0.25) is 0 Å². The number of fused-ring (bicyclic) bond motifs is 1. The average molecular weight is 348 g/mol. The normalized spacial score (nSPS) is 51.2. The van der Waals surface area contributed by atoms with E-state index in [4.69, 9.17) is 14.2 Å². The zero-order valence-corrected chi connectivity index (χ0v) is 13.0. The van der Waals surface area contributed by atoms with E-state index in [-0.39, 0.29) is 18.4 Å². The molecule has 3 rings (SSSR count). The van der Waals surface area contributed by atoms with E-state index >= 15 is 0 Å². The highest BCUT2D eigenvalue weighted by molar-refractivity contribution is 5.04. The Kier molecular flexibility index (Phi) is 5.42. The van der Waals surface area contributed by atoms with Gasteiger partial charge >= 0.3 is 0 Å². The Labute approximate surface area is 138 Å². The molecule has 138 valence electrons. The van der Waals surface area contributed by atoms with Gasteiger partial charge in [0.15, 0.2) is 6.29 Å². The van der Waals surface area contributed by atoms with E-state index in [1.165, 1.54) is 6.26 Å². The molecule has 10 atom stereocenters. The quantitative estimate of drug-likeness (QED) is 0.318. The summed E-state index contributed by atoms with van der Waals surface area (Å²) in [5, 5.41) is 58.5. The van der Waals surface area contributed by atoms with Crippen molar-refractivity contribution in [2.45, 2.75) is 49.5 Å². The number of aliphatic hydroxyl groups excluding tert-OH is 6. The van der Waals surface area contributed by atoms with Crippen LogP contribution in [-0.4, -0.2) is 87.0 Å². The van der Waals surface area contributed by atoms with Crippen LogP contribution in [0.3, 0.4) is 0 Å². The molecule has 2 heterocycles. The van der Waals surface area contributed by atoms with Crippen LogP contribution in [-0.2, 0) is 14.2 Å². The van der Waals surface area contributed by atoms with Gasteiger partial charge in [0, 0.05) is 18.4 Å². The van der Waals surface area contributed by atoms with Crippen LogP contribution in [0.25, 0.3) is 0 Å². The predicted molar refractivity (Wildman–Crippen MR) is 77.0 cm³/mol. The van der Waals surface area contributed by atoms with Crippen molar-refractivity contribution in [1.29, 1.82) is 0 Å². The van der Waals surface area contributed by atoms with Crippen LogP contribution in [0.2, 0.25) is 0 Å². The van der Waals surface area contributed by atoms with Crippen molar-refractivity contribution in [1.82, 2.24) is 0 Å². The van der Waals surface area contributed by atoms with Gasteiger partial charge in [0.1, 0.15) is 24.4 Å². The third-order valence-electron chi connectivity index (χ3n) is 5.18. The SMILES string of the molecule is OC[C@@H]1[C@@H]2[C@H](O[C@@H]3O[C@H](CO)[C@@H](O)[C@H](O)[C@H]3O)OC=C[C@H]2C[C@@H]1O. The second-order valence-corrected chi connectivity index (χ2v) is 6.56. The van der Waals surface area contributed by atoms with Crippen LogP contribution in [0.5, 0.6) is 0 Å². The highest BCUT2D eigenvalue weighted by Gasteiger charge is 2.51. The van der Waals surface area contributed by atoms with E-state index < -0.39 is 55.6 Å². The molecule has 9 heteroatoms. The van der Waals surface area contributed by atoms with Crippen LogP contribution in [0, 0.1) is 17.8 Å². The minimum absolute atomic E-state index is 0.0548. The fraction of sp³-hybridized carbons (Fsp3) is 0.867. The van der Waals surface area contributed by atoms with Crippen molar-refractivity contribution in [3.8, 4) is 0 Å². The number of rotatable bonds is 4. The Balaban J connectivity index is 1.73. The first kappa shape index (κ1) is 18.0. The Hall–Kier alpha value is -0.780. The molecule has 3 aliphatic rings. The van der Waals surface area contributed by atoms with Crippen molar-refractivity contribution in [2.75, 3.05) is 13.2 Å². The summed E-state index contributed by atoms with van der Waals surface area (Å²) in [7, 11) is 0. The zero-order chi connectivity index (χ0) is 17.4. The number of allylic oxidation sites excluding steroid dienone is 1. The van der Waals surface area contributed by atoms with Gasteiger partial charge in [0.2, 0.25) is 6.29 Å². The molecule has 0 amide bonds. The maximum absolute atomic E-state index is 10.1. The molecule has 0 radical (unpaired) electrons. The molecule has 0 aromatic carbocycles. The minimum Gasteiger partial charge on any atom is -0.472 e. The molecule has 2 fully saturated rings. The summed E-state index contributed by atoms with van der Waals surface area (Å²) in [4.78, 5) is 0. The monoisotopic (exact) mass is 348 g/mol. The summed E-state index contributed by atoms with van der Waals surface area (Å²) in [6, 6.07) is 0. The van der Waals surface area contributed by atoms with Gasteiger partial charge in [-0.1, -0.05) is 0 Å².